The summed E-state index contributed by atoms with van der Waals surface area (Å²) in [6.45, 7) is 20.3. The van der Waals surface area contributed by atoms with E-state index in [0.29, 0.717) is 22.7 Å². The van der Waals surface area contributed by atoms with Crippen molar-refractivity contribution in [3.8, 4) is 11.5 Å². The SMILES string of the molecule is C=C(O)C(C)(NC)C(C)(C)C(C)C(C)(C(=O)OCCOCCOc1cc(N)c(CO)cc1OC)C(C)(C)C. The van der Waals surface area contributed by atoms with Gasteiger partial charge in [0.05, 0.1) is 37.9 Å². The van der Waals surface area contributed by atoms with Gasteiger partial charge in [-0.25, -0.2) is 0 Å². The van der Waals surface area contributed by atoms with Crippen molar-refractivity contribution < 1.29 is 34.0 Å². The second-order valence-corrected chi connectivity index (χ2v) is 11.7. The summed E-state index contributed by atoms with van der Waals surface area (Å²) in [6.07, 6.45) is 0. The number of nitrogens with one attached hydrogen (secondary N) is 1. The van der Waals surface area contributed by atoms with E-state index in [1.54, 1.807) is 19.2 Å². The first-order valence-corrected chi connectivity index (χ1v) is 13.0. The maximum absolute atomic E-state index is 13.6. The number of hydrogen-bond acceptors (Lipinski definition) is 9. The fraction of sp³-hybridized carbons (Fsp3) is 0.690. The van der Waals surface area contributed by atoms with Gasteiger partial charge in [-0.3, -0.25) is 4.79 Å². The zero-order chi connectivity index (χ0) is 29.5. The number of carbonyl (C=O) groups excluding carboxylic acids is 1. The van der Waals surface area contributed by atoms with Crippen molar-refractivity contribution in [2.45, 2.75) is 67.5 Å². The lowest BCUT2D eigenvalue weighted by atomic mass is 9.50. The molecular formula is C29H50N2O7. The minimum atomic E-state index is -0.885. The van der Waals surface area contributed by atoms with Gasteiger partial charge in [-0.05, 0) is 43.7 Å². The molecule has 1 aromatic rings. The average Bonchev–Trinajstić information content (AvgIpc) is 2.85. The summed E-state index contributed by atoms with van der Waals surface area (Å²) in [5.74, 6) is 0.403. The third kappa shape index (κ3) is 6.74. The van der Waals surface area contributed by atoms with Crippen molar-refractivity contribution in [1.29, 1.82) is 0 Å². The molecule has 1 rings (SSSR count). The molecule has 0 bridgehead atoms. The Labute approximate surface area is 228 Å². The normalized spacial score (nSPS) is 16.2. The second kappa shape index (κ2) is 13.0. The Balaban J connectivity index is 2.79. The van der Waals surface area contributed by atoms with Crippen LogP contribution in [0.5, 0.6) is 11.5 Å². The van der Waals surface area contributed by atoms with Gasteiger partial charge >= 0.3 is 5.97 Å². The number of methoxy groups -OCH3 is 1. The van der Waals surface area contributed by atoms with Gasteiger partial charge in [0, 0.05) is 17.3 Å². The van der Waals surface area contributed by atoms with Crippen molar-refractivity contribution in [3.63, 3.8) is 0 Å². The molecule has 0 amide bonds. The van der Waals surface area contributed by atoms with Crippen LogP contribution in [0.25, 0.3) is 0 Å². The first-order chi connectivity index (χ1) is 17.4. The zero-order valence-electron chi connectivity index (χ0n) is 25.0. The van der Waals surface area contributed by atoms with E-state index in [-0.39, 0.29) is 50.7 Å². The number of benzene rings is 1. The standard InChI is InChI=1S/C29H50N2O7/c1-19(27(6,7)29(9,31-10)20(2)33)28(8,26(3,4)5)25(34)38-15-13-36-12-14-37-24-17-22(30)21(18-32)16-23(24)35-11/h16-17,19,31-33H,2,12-15,18,30H2,1,3-11H3. The van der Waals surface area contributed by atoms with Crippen LogP contribution in [0.3, 0.4) is 0 Å². The van der Waals surface area contributed by atoms with Crippen molar-refractivity contribution in [1.82, 2.24) is 5.32 Å². The Morgan fingerprint density at radius 3 is 2.11 bits per heavy atom. The van der Waals surface area contributed by atoms with Crippen molar-refractivity contribution in [3.05, 3.63) is 30.0 Å². The Morgan fingerprint density at radius 1 is 1.05 bits per heavy atom. The molecule has 0 aliphatic carbocycles. The van der Waals surface area contributed by atoms with Crippen LogP contribution in [0.4, 0.5) is 5.69 Å². The fourth-order valence-corrected chi connectivity index (χ4v) is 4.81. The van der Waals surface area contributed by atoms with Gasteiger partial charge in [-0.2, -0.15) is 0 Å². The number of aliphatic hydroxyl groups excluding tert-OH is 2. The van der Waals surface area contributed by atoms with E-state index in [1.165, 1.54) is 7.11 Å². The Bertz CT molecular complexity index is 957. The number of esters is 1. The quantitative estimate of drug-likeness (QED) is 0.110. The first kappa shape index (κ1) is 33.5. The van der Waals surface area contributed by atoms with E-state index >= 15 is 0 Å². The molecule has 0 aliphatic rings. The van der Waals surface area contributed by atoms with Crippen molar-refractivity contribution in [2.24, 2.45) is 22.2 Å². The van der Waals surface area contributed by atoms with E-state index in [0.717, 1.165) is 0 Å². The number of nitrogens with two attached hydrogens (primary N) is 1. The van der Waals surface area contributed by atoms with E-state index in [2.05, 4.69) is 11.9 Å². The van der Waals surface area contributed by atoms with E-state index in [4.69, 9.17) is 24.7 Å². The number of nitrogen functional groups attached to an aromatic ring is 1. The predicted molar refractivity (Wildman–Crippen MR) is 150 cm³/mol. The summed E-state index contributed by atoms with van der Waals surface area (Å²) >= 11 is 0. The molecule has 0 fully saturated rings. The summed E-state index contributed by atoms with van der Waals surface area (Å²) in [4.78, 5) is 13.6. The Morgan fingerprint density at radius 2 is 1.63 bits per heavy atom. The molecule has 0 aliphatic heterocycles. The molecule has 0 saturated carbocycles. The van der Waals surface area contributed by atoms with Gasteiger partial charge in [-0.15, -0.1) is 0 Å². The molecule has 1 aromatic carbocycles. The van der Waals surface area contributed by atoms with Gasteiger partial charge in [0.1, 0.15) is 19.0 Å². The van der Waals surface area contributed by atoms with Gasteiger partial charge < -0.3 is 40.2 Å². The van der Waals surface area contributed by atoms with Crippen LogP contribution in [-0.4, -0.2) is 62.3 Å². The number of rotatable bonds is 15. The number of likely N-dealkylation sites (N-methyl/N-ethyl adjacent to an activating group) is 1. The van der Waals surface area contributed by atoms with Crippen LogP contribution in [0.1, 0.15) is 61.0 Å². The van der Waals surface area contributed by atoms with E-state index in [1.807, 2.05) is 55.4 Å². The third-order valence-electron chi connectivity index (χ3n) is 8.84. The van der Waals surface area contributed by atoms with Crippen LogP contribution in [0, 0.1) is 22.2 Å². The molecule has 38 heavy (non-hydrogen) atoms. The highest BCUT2D eigenvalue weighted by Gasteiger charge is 2.58. The molecule has 3 atom stereocenters. The lowest BCUT2D eigenvalue weighted by Crippen LogP contribution is -2.62. The van der Waals surface area contributed by atoms with Crippen LogP contribution >= 0.6 is 0 Å². The van der Waals surface area contributed by atoms with Gasteiger partial charge in [-0.1, -0.05) is 48.1 Å². The molecule has 0 radical (unpaired) electrons. The summed E-state index contributed by atoms with van der Waals surface area (Å²) in [7, 11) is 3.29. The molecular weight excluding hydrogens is 488 g/mol. The van der Waals surface area contributed by atoms with Gasteiger partial charge in [0.25, 0.3) is 0 Å². The first-order valence-electron chi connectivity index (χ1n) is 13.0. The minimum Gasteiger partial charge on any atom is -0.511 e. The van der Waals surface area contributed by atoms with Crippen molar-refractivity contribution >= 4 is 11.7 Å². The number of carbonyl (C=O) groups is 1. The van der Waals surface area contributed by atoms with Crippen LogP contribution < -0.4 is 20.5 Å². The lowest BCUT2D eigenvalue weighted by Gasteiger charge is -2.55. The molecule has 5 N–H and O–H groups in total. The second-order valence-electron chi connectivity index (χ2n) is 11.7. The fourth-order valence-electron chi connectivity index (χ4n) is 4.81. The van der Waals surface area contributed by atoms with Crippen LogP contribution in [0.2, 0.25) is 0 Å². The van der Waals surface area contributed by atoms with Gasteiger partial charge in [0.2, 0.25) is 0 Å². The number of hydrogen-bond donors (Lipinski definition) is 4. The zero-order valence-corrected chi connectivity index (χ0v) is 25.0. The third-order valence-corrected chi connectivity index (χ3v) is 8.84. The molecule has 9 nitrogen and oxygen atoms in total. The van der Waals surface area contributed by atoms with Gasteiger partial charge in [0.15, 0.2) is 11.5 Å². The summed E-state index contributed by atoms with van der Waals surface area (Å²) in [5, 5.41) is 23.0. The monoisotopic (exact) mass is 538 g/mol. The Kier molecular flexibility index (Phi) is 11.5. The minimum absolute atomic E-state index is 0.0155. The highest BCUT2D eigenvalue weighted by Crippen LogP contribution is 2.55. The Hall–Kier alpha value is -2.49. The highest BCUT2D eigenvalue weighted by molar-refractivity contribution is 5.78. The van der Waals surface area contributed by atoms with E-state index in [9.17, 15) is 15.0 Å². The molecule has 0 spiro atoms. The molecule has 0 saturated heterocycles. The van der Waals surface area contributed by atoms with Crippen LogP contribution in [-0.2, 0) is 20.9 Å². The molecule has 0 aromatic heterocycles. The lowest BCUT2D eigenvalue weighted by molar-refractivity contribution is -0.175. The largest absolute Gasteiger partial charge is 0.511 e. The maximum Gasteiger partial charge on any atom is 0.312 e. The summed E-state index contributed by atoms with van der Waals surface area (Å²) in [5.41, 5.74) is 4.17. The van der Waals surface area contributed by atoms with E-state index < -0.39 is 21.8 Å². The number of ether oxygens (including phenoxy) is 4. The molecule has 3 unspecified atom stereocenters. The molecule has 9 heteroatoms. The van der Waals surface area contributed by atoms with Crippen LogP contribution in [0.15, 0.2) is 24.5 Å². The maximum atomic E-state index is 13.6. The smallest absolute Gasteiger partial charge is 0.312 e. The topological polar surface area (TPSA) is 132 Å². The van der Waals surface area contributed by atoms with Crippen molar-refractivity contribution in [2.75, 3.05) is 46.3 Å². The predicted octanol–water partition coefficient (Wildman–Crippen LogP) is 4.47. The molecule has 218 valence electrons. The molecule has 0 heterocycles. The highest BCUT2D eigenvalue weighted by atomic mass is 16.6. The number of aliphatic hydroxyl groups is 2. The summed E-state index contributed by atoms with van der Waals surface area (Å²) in [6, 6.07) is 3.24. The average molecular weight is 539 g/mol. The number of anilines is 1. The summed E-state index contributed by atoms with van der Waals surface area (Å²) < 4.78 is 22.4.